The molecule has 0 unspecified atom stereocenters. The van der Waals surface area contributed by atoms with Gasteiger partial charge in [0.2, 0.25) is 0 Å². The van der Waals surface area contributed by atoms with E-state index >= 15 is 0 Å². The van der Waals surface area contributed by atoms with E-state index in [1.165, 1.54) is 30.3 Å². The van der Waals surface area contributed by atoms with Crippen LogP contribution in [-0.2, 0) is 5.92 Å². The average Bonchev–Trinajstić information content (AvgIpc) is 2.80. The number of aliphatic hydroxyl groups excluding tert-OH is 1. The van der Waals surface area contributed by atoms with E-state index in [2.05, 4.69) is 0 Å². The molecule has 0 saturated heterocycles. The van der Waals surface area contributed by atoms with Crippen LogP contribution in [0, 0.1) is 5.82 Å². The van der Waals surface area contributed by atoms with E-state index in [1.807, 2.05) is 0 Å². The molecule has 0 aliphatic carbocycles. The highest BCUT2D eigenvalue weighted by Crippen LogP contribution is 2.32. The van der Waals surface area contributed by atoms with Crippen LogP contribution < -0.4 is 0 Å². The lowest BCUT2D eigenvalue weighted by atomic mass is 10.2. The molecule has 0 spiro atoms. The summed E-state index contributed by atoms with van der Waals surface area (Å²) >= 11 is 0. The minimum Gasteiger partial charge on any atom is -0.455 e. The van der Waals surface area contributed by atoms with Gasteiger partial charge in [-0.3, -0.25) is 0 Å². The number of hydrogen-bond donors (Lipinski definition) is 1. The van der Waals surface area contributed by atoms with Crippen molar-refractivity contribution in [2.75, 3.05) is 6.61 Å². The Bertz CT molecular complexity index is 503. The highest BCUT2D eigenvalue weighted by atomic mass is 19.3. The van der Waals surface area contributed by atoms with Crippen molar-refractivity contribution in [1.82, 2.24) is 0 Å². The van der Waals surface area contributed by atoms with Crippen LogP contribution >= 0.6 is 0 Å². The first-order valence-electron chi connectivity index (χ1n) is 4.88. The predicted molar refractivity (Wildman–Crippen MR) is 55.1 cm³/mol. The van der Waals surface area contributed by atoms with Gasteiger partial charge < -0.3 is 9.52 Å². The first kappa shape index (κ1) is 11.7. The second-order valence-electron chi connectivity index (χ2n) is 3.53. The van der Waals surface area contributed by atoms with E-state index in [9.17, 15) is 13.2 Å². The van der Waals surface area contributed by atoms with Gasteiger partial charge in [0.15, 0.2) is 5.76 Å². The second kappa shape index (κ2) is 4.25. The lowest BCUT2D eigenvalue weighted by molar-refractivity contribution is -0.0718. The number of benzene rings is 1. The standard InChI is InChI=1S/C12H9F3O2/c13-9-3-1-8(2-4-9)10-5-6-11(17-10)12(14,15)7-16/h1-6,16H,7H2. The van der Waals surface area contributed by atoms with Crippen molar-refractivity contribution in [2.45, 2.75) is 5.92 Å². The van der Waals surface area contributed by atoms with Gasteiger partial charge in [0.1, 0.15) is 18.2 Å². The van der Waals surface area contributed by atoms with Crippen molar-refractivity contribution in [3.63, 3.8) is 0 Å². The maximum Gasteiger partial charge on any atom is 0.327 e. The summed E-state index contributed by atoms with van der Waals surface area (Å²) in [6.07, 6.45) is 0. The summed E-state index contributed by atoms with van der Waals surface area (Å²) in [7, 11) is 0. The Kier molecular flexibility index (Phi) is 2.93. The monoisotopic (exact) mass is 242 g/mol. The summed E-state index contributed by atoms with van der Waals surface area (Å²) < 4.78 is 43.7. The molecule has 1 heterocycles. The molecule has 0 amide bonds. The molecule has 0 radical (unpaired) electrons. The Morgan fingerprint density at radius 3 is 2.29 bits per heavy atom. The molecule has 90 valence electrons. The molecular formula is C12H9F3O2. The molecule has 0 atom stereocenters. The van der Waals surface area contributed by atoms with E-state index in [0.717, 1.165) is 6.07 Å². The summed E-state index contributed by atoms with van der Waals surface area (Å²) in [5.74, 6) is -4.23. The van der Waals surface area contributed by atoms with Crippen LogP contribution in [0.3, 0.4) is 0 Å². The van der Waals surface area contributed by atoms with Gasteiger partial charge in [0.25, 0.3) is 0 Å². The maximum atomic E-state index is 13.1. The second-order valence-corrected chi connectivity index (χ2v) is 3.53. The Morgan fingerprint density at radius 1 is 1.06 bits per heavy atom. The van der Waals surface area contributed by atoms with Crippen molar-refractivity contribution < 1.29 is 22.7 Å². The first-order chi connectivity index (χ1) is 8.03. The molecule has 0 aliphatic rings. The van der Waals surface area contributed by atoms with Gasteiger partial charge >= 0.3 is 5.92 Å². The topological polar surface area (TPSA) is 33.4 Å². The normalized spacial score (nSPS) is 11.8. The van der Waals surface area contributed by atoms with Crippen molar-refractivity contribution in [2.24, 2.45) is 0 Å². The van der Waals surface area contributed by atoms with E-state index in [4.69, 9.17) is 9.52 Å². The third-order valence-electron chi connectivity index (χ3n) is 2.29. The lowest BCUT2D eigenvalue weighted by Crippen LogP contribution is -2.17. The number of alkyl halides is 2. The fourth-order valence-electron chi connectivity index (χ4n) is 1.38. The molecule has 1 aromatic carbocycles. The number of halogens is 3. The Morgan fingerprint density at radius 2 is 1.71 bits per heavy atom. The Hall–Kier alpha value is -1.75. The highest BCUT2D eigenvalue weighted by molar-refractivity contribution is 5.57. The average molecular weight is 242 g/mol. The molecule has 0 aliphatic heterocycles. The maximum absolute atomic E-state index is 13.1. The molecule has 1 aromatic heterocycles. The number of hydrogen-bond acceptors (Lipinski definition) is 2. The van der Waals surface area contributed by atoms with E-state index in [1.54, 1.807) is 0 Å². The third kappa shape index (κ3) is 2.34. The summed E-state index contributed by atoms with van der Waals surface area (Å²) in [5.41, 5.74) is 0.492. The van der Waals surface area contributed by atoms with E-state index in [0.29, 0.717) is 5.56 Å². The van der Waals surface area contributed by atoms with Crippen LogP contribution in [0.5, 0.6) is 0 Å². The third-order valence-corrected chi connectivity index (χ3v) is 2.29. The zero-order valence-electron chi connectivity index (χ0n) is 8.66. The summed E-state index contributed by atoms with van der Waals surface area (Å²) in [5, 5.41) is 8.50. The zero-order valence-corrected chi connectivity index (χ0v) is 8.66. The van der Waals surface area contributed by atoms with Gasteiger partial charge in [-0.25, -0.2) is 4.39 Å². The van der Waals surface area contributed by atoms with Crippen LogP contribution in [0.15, 0.2) is 40.8 Å². The summed E-state index contributed by atoms with van der Waals surface area (Å²) in [4.78, 5) is 0. The fraction of sp³-hybridized carbons (Fsp3) is 0.167. The molecule has 2 nitrogen and oxygen atoms in total. The van der Waals surface area contributed by atoms with Gasteiger partial charge in [0, 0.05) is 5.56 Å². The quantitative estimate of drug-likeness (QED) is 0.896. The largest absolute Gasteiger partial charge is 0.455 e. The van der Waals surface area contributed by atoms with Gasteiger partial charge in [-0.15, -0.1) is 0 Å². The number of rotatable bonds is 3. The lowest BCUT2D eigenvalue weighted by Gasteiger charge is -2.08. The Balaban J connectivity index is 2.33. The SMILES string of the molecule is OCC(F)(F)c1ccc(-c2ccc(F)cc2)o1. The molecule has 5 heteroatoms. The van der Waals surface area contributed by atoms with Crippen LogP contribution in [0.2, 0.25) is 0 Å². The van der Waals surface area contributed by atoms with Crippen LogP contribution in [0.1, 0.15) is 5.76 Å². The van der Waals surface area contributed by atoms with Crippen molar-refractivity contribution in [1.29, 1.82) is 0 Å². The van der Waals surface area contributed by atoms with Gasteiger partial charge in [0.05, 0.1) is 0 Å². The smallest absolute Gasteiger partial charge is 0.327 e. The molecule has 17 heavy (non-hydrogen) atoms. The van der Waals surface area contributed by atoms with Crippen LogP contribution in [0.25, 0.3) is 11.3 Å². The molecule has 0 fully saturated rings. The Labute approximate surface area is 95.3 Å². The van der Waals surface area contributed by atoms with Crippen molar-refractivity contribution >= 4 is 0 Å². The minimum atomic E-state index is -3.40. The van der Waals surface area contributed by atoms with Crippen LogP contribution in [-0.4, -0.2) is 11.7 Å². The number of aliphatic hydroxyl groups is 1. The van der Waals surface area contributed by atoms with Crippen molar-refractivity contribution in [3.8, 4) is 11.3 Å². The van der Waals surface area contributed by atoms with Crippen LogP contribution in [0.4, 0.5) is 13.2 Å². The molecule has 0 bridgehead atoms. The number of furan rings is 1. The van der Waals surface area contributed by atoms with Gasteiger partial charge in [-0.1, -0.05) is 0 Å². The summed E-state index contributed by atoms with van der Waals surface area (Å²) in [6.45, 7) is -1.32. The molecule has 2 aromatic rings. The molecule has 2 rings (SSSR count). The van der Waals surface area contributed by atoms with Gasteiger partial charge in [-0.2, -0.15) is 8.78 Å². The van der Waals surface area contributed by atoms with E-state index < -0.39 is 24.1 Å². The van der Waals surface area contributed by atoms with Gasteiger partial charge in [-0.05, 0) is 36.4 Å². The molecule has 0 saturated carbocycles. The summed E-state index contributed by atoms with van der Waals surface area (Å²) in [6, 6.07) is 7.72. The van der Waals surface area contributed by atoms with Crippen molar-refractivity contribution in [3.05, 3.63) is 48.0 Å². The fourth-order valence-corrected chi connectivity index (χ4v) is 1.38. The zero-order chi connectivity index (χ0) is 12.5. The first-order valence-corrected chi connectivity index (χ1v) is 4.88. The van der Waals surface area contributed by atoms with E-state index in [-0.39, 0.29) is 5.76 Å². The minimum absolute atomic E-state index is 0.202. The predicted octanol–water partition coefficient (Wildman–Crippen LogP) is 3.17. The molecular weight excluding hydrogens is 233 g/mol. The highest BCUT2D eigenvalue weighted by Gasteiger charge is 2.34. The molecule has 1 N–H and O–H groups in total.